The van der Waals surface area contributed by atoms with E-state index < -0.39 is 0 Å². The number of carbonyl (C=O) groups is 1. The molecule has 0 aliphatic heterocycles. The molecule has 0 heterocycles. The van der Waals surface area contributed by atoms with Crippen molar-refractivity contribution in [2.45, 2.75) is 0 Å². The summed E-state index contributed by atoms with van der Waals surface area (Å²) in [7, 11) is 0.0952. The molecule has 0 atom stereocenters. The molecule has 2 aliphatic carbocycles. The minimum atomic E-state index is 0. The summed E-state index contributed by atoms with van der Waals surface area (Å²) in [5, 5.41) is 1.76. The Balaban J connectivity index is 0.000000360. The van der Waals surface area contributed by atoms with Crippen LogP contribution >= 0.6 is 10.5 Å². The van der Waals surface area contributed by atoms with Gasteiger partial charge in [0.05, 0.1) is 5.92 Å². The number of rotatable bonds is 2. The van der Waals surface area contributed by atoms with E-state index in [0.29, 0.717) is 0 Å². The van der Waals surface area contributed by atoms with E-state index in [0.717, 1.165) is 5.92 Å². The Labute approximate surface area is 120 Å². The molecule has 10 radical (unpaired) electrons. The maximum Gasteiger partial charge on any atom is 2.00 e. The van der Waals surface area contributed by atoms with E-state index in [9.17, 15) is 4.79 Å². The maximum atomic E-state index is 11.3. The summed E-state index contributed by atoms with van der Waals surface area (Å²) in [6.07, 6.45) is 21.5. The fourth-order valence-corrected chi connectivity index (χ4v) is 1.71. The molecule has 0 aromatic rings. The molecule has 0 bridgehead atoms. The van der Waals surface area contributed by atoms with Crippen molar-refractivity contribution in [3.8, 4) is 0 Å². The van der Waals surface area contributed by atoms with E-state index in [1.807, 2.05) is 70.3 Å². The van der Waals surface area contributed by atoms with E-state index >= 15 is 0 Å². The Morgan fingerprint density at radius 1 is 0.941 bits per heavy atom. The largest absolute Gasteiger partial charge is 2.00 e. The summed E-state index contributed by atoms with van der Waals surface area (Å²) in [4.78, 5) is 11.3. The van der Waals surface area contributed by atoms with Gasteiger partial charge in [0.25, 0.3) is 0 Å². The monoisotopic (exact) mass is 288 g/mol. The first-order valence-corrected chi connectivity index (χ1v) is 7.14. The zero-order valence-electron chi connectivity index (χ0n) is 9.94. The van der Waals surface area contributed by atoms with Gasteiger partial charge in [0, 0.05) is 5.37 Å². The molecule has 17 heavy (non-hydrogen) atoms. The van der Waals surface area contributed by atoms with Crippen LogP contribution in [0.3, 0.4) is 0 Å². The van der Waals surface area contributed by atoms with E-state index in [1.54, 1.807) is 5.37 Å². The van der Waals surface area contributed by atoms with Gasteiger partial charge in [-0.2, -0.15) is 10.5 Å². The van der Waals surface area contributed by atoms with Crippen LogP contribution in [0.1, 0.15) is 0 Å². The van der Waals surface area contributed by atoms with Crippen LogP contribution in [0.15, 0.2) is 0 Å². The van der Waals surface area contributed by atoms with Gasteiger partial charge in [-0.25, -0.2) is 0 Å². The molecule has 0 aromatic heterocycles. The molecule has 3 heteroatoms. The zero-order valence-corrected chi connectivity index (χ0v) is 11.9. The van der Waals surface area contributed by atoms with Crippen LogP contribution in [-0.4, -0.2) is 23.7 Å². The van der Waals surface area contributed by atoms with E-state index in [2.05, 4.69) is 0 Å². The summed E-state index contributed by atoms with van der Waals surface area (Å²) < 4.78 is 0. The second-order valence-corrected chi connectivity index (χ2v) is 5.49. The number of hydrogen-bond acceptors (Lipinski definition) is 1. The molecule has 0 N–H and O–H groups in total. The SMILES string of the molecule is CS(C)=CC(=O)[C]1[CH][CH][CH][CH]1.[CH]1[CH][CH][CH][CH]1.[Fe+2]. The van der Waals surface area contributed by atoms with Crippen molar-refractivity contribution in [2.75, 3.05) is 12.5 Å². The van der Waals surface area contributed by atoms with Gasteiger partial charge in [-0.15, -0.1) is 0 Å². The standard InChI is InChI=1S/C9H11OS.C5H5.Fe/c1-11(2)7-9(10)8-5-3-4-6-8;1-2-4-5-3-1;/h3-7H,1-2H3;1-5H;/q;;+2. The minimum absolute atomic E-state index is 0. The fourth-order valence-electron chi connectivity index (χ4n) is 1.14. The third-order valence-corrected chi connectivity index (χ3v) is 2.53. The first kappa shape index (κ1) is 17.4. The summed E-state index contributed by atoms with van der Waals surface area (Å²) in [6, 6.07) is 0. The smallest absolute Gasteiger partial charge is 0.294 e. The van der Waals surface area contributed by atoms with Crippen molar-refractivity contribution in [1.82, 2.24) is 0 Å². The first-order chi connectivity index (χ1) is 7.70. The molecule has 0 aromatic carbocycles. The predicted octanol–water partition coefficient (Wildman–Crippen LogP) is 2.31. The van der Waals surface area contributed by atoms with E-state index in [1.165, 1.54) is 0 Å². The Bertz CT molecular complexity index is 229. The second-order valence-electron chi connectivity index (χ2n) is 3.50. The van der Waals surface area contributed by atoms with Crippen LogP contribution in [0.25, 0.3) is 0 Å². The van der Waals surface area contributed by atoms with E-state index in [-0.39, 0.29) is 33.3 Å². The van der Waals surface area contributed by atoms with Gasteiger partial charge in [0.2, 0.25) is 0 Å². The molecule has 1 nitrogen and oxygen atoms in total. The van der Waals surface area contributed by atoms with Gasteiger partial charge >= 0.3 is 17.1 Å². The average Bonchev–Trinajstić information content (AvgIpc) is 2.94. The van der Waals surface area contributed by atoms with Crippen LogP contribution in [0.4, 0.5) is 0 Å². The Morgan fingerprint density at radius 3 is 1.71 bits per heavy atom. The Kier molecular flexibility index (Phi) is 10.6. The molecule has 0 unspecified atom stereocenters. The van der Waals surface area contributed by atoms with Crippen LogP contribution in [0.5, 0.6) is 0 Å². The van der Waals surface area contributed by atoms with Gasteiger partial charge in [-0.3, -0.25) is 4.79 Å². The molecule has 2 fully saturated rings. The third kappa shape index (κ3) is 8.18. The quantitative estimate of drug-likeness (QED) is 0.563. The summed E-state index contributed by atoms with van der Waals surface area (Å²) in [6.45, 7) is 0. The van der Waals surface area contributed by atoms with Crippen molar-refractivity contribution < 1.29 is 21.9 Å². The topological polar surface area (TPSA) is 17.1 Å². The molecule has 90 valence electrons. The van der Waals surface area contributed by atoms with Gasteiger partial charge < -0.3 is 0 Å². The maximum absolute atomic E-state index is 11.3. The van der Waals surface area contributed by atoms with Gasteiger partial charge in [-0.1, -0.05) is 0 Å². The summed E-state index contributed by atoms with van der Waals surface area (Å²) >= 11 is 0. The number of carbonyl (C=O) groups excluding carboxylic acids is 1. The van der Waals surface area contributed by atoms with Gasteiger partial charge in [-0.05, 0) is 70.3 Å². The van der Waals surface area contributed by atoms with Crippen LogP contribution in [0, 0.1) is 63.7 Å². The van der Waals surface area contributed by atoms with Crippen molar-refractivity contribution in [3.05, 3.63) is 63.7 Å². The summed E-state index contributed by atoms with van der Waals surface area (Å²) in [5.41, 5.74) is 0. The molecule has 2 rings (SSSR count). The van der Waals surface area contributed by atoms with E-state index in [4.69, 9.17) is 0 Å². The van der Waals surface area contributed by atoms with Crippen LogP contribution < -0.4 is 0 Å². The molecule has 2 aliphatic rings. The predicted molar refractivity (Wildman–Crippen MR) is 72.5 cm³/mol. The molecule has 0 amide bonds. The van der Waals surface area contributed by atoms with Crippen molar-refractivity contribution in [2.24, 2.45) is 0 Å². The second kappa shape index (κ2) is 10.3. The van der Waals surface area contributed by atoms with Crippen LogP contribution in [0.2, 0.25) is 0 Å². The Hall–Kier alpha value is 0.409. The van der Waals surface area contributed by atoms with Crippen molar-refractivity contribution >= 4 is 21.6 Å². The molecule has 0 saturated heterocycles. The number of Topliss-reactive ketones (excluding diaryl/α,β-unsaturated/α-hetero) is 1. The minimum Gasteiger partial charge on any atom is -0.294 e. The third-order valence-electron chi connectivity index (χ3n) is 1.85. The zero-order chi connectivity index (χ0) is 11.8. The molecular weight excluding hydrogens is 272 g/mol. The molecule has 2 saturated carbocycles. The normalized spacial score (nSPS) is 19.5. The number of ketones is 1. The average molecular weight is 288 g/mol. The molecular formula is C14H16FeOS+2. The van der Waals surface area contributed by atoms with Gasteiger partial charge in [0.15, 0.2) is 5.78 Å². The molecule has 0 spiro atoms. The Morgan fingerprint density at radius 2 is 1.35 bits per heavy atom. The van der Waals surface area contributed by atoms with Crippen LogP contribution in [-0.2, 0) is 21.9 Å². The first-order valence-electron chi connectivity index (χ1n) is 5.04. The fraction of sp³-hybridized carbons (Fsp3) is 0.143. The van der Waals surface area contributed by atoms with Crippen molar-refractivity contribution in [3.63, 3.8) is 0 Å². The van der Waals surface area contributed by atoms with Crippen molar-refractivity contribution in [1.29, 1.82) is 0 Å². The van der Waals surface area contributed by atoms with Gasteiger partial charge in [0.1, 0.15) is 0 Å². The summed E-state index contributed by atoms with van der Waals surface area (Å²) in [5.74, 6) is 0.939. The number of hydrogen-bond donors (Lipinski definition) is 0.